The first-order chi connectivity index (χ1) is 21.9. The van der Waals surface area contributed by atoms with Crippen molar-refractivity contribution in [1.29, 1.82) is 0 Å². The fourth-order valence-electron chi connectivity index (χ4n) is 4.80. The number of esters is 1. The molecule has 45 heavy (non-hydrogen) atoms. The molecule has 234 valence electrons. The summed E-state index contributed by atoms with van der Waals surface area (Å²) in [5, 5.41) is 10.1. The third-order valence-corrected chi connectivity index (χ3v) is 9.13. The highest BCUT2D eigenvalue weighted by atomic mass is 35.5. The lowest BCUT2D eigenvalue weighted by molar-refractivity contribution is -0.154. The molecule has 1 saturated heterocycles. The Morgan fingerprint density at radius 1 is 1.09 bits per heavy atom. The van der Waals surface area contributed by atoms with Crippen molar-refractivity contribution < 1.29 is 33.5 Å². The van der Waals surface area contributed by atoms with Gasteiger partial charge < -0.3 is 24.9 Å². The van der Waals surface area contributed by atoms with Crippen LogP contribution in [0.2, 0.25) is 0 Å². The number of thiazole rings is 1. The second-order valence-electron chi connectivity index (χ2n) is 9.70. The Bertz CT molecular complexity index is 1590. The van der Waals surface area contributed by atoms with Gasteiger partial charge in [0.1, 0.15) is 35.8 Å². The van der Waals surface area contributed by atoms with Gasteiger partial charge >= 0.3 is 5.97 Å². The average Bonchev–Trinajstić information content (AvgIpc) is 3.53. The Hall–Kier alpha value is -4.24. The summed E-state index contributed by atoms with van der Waals surface area (Å²) in [5.41, 5.74) is 2.16. The van der Waals surface area contributed by atoms with Gasteiger partial charge in [0.25, 0.3) is 11.8 Å². The molecule has 5 rings (SSSR count). The van der Waals surface area contributed by atoms with Gasteiger partial charge in [-0.05, 0) is 16.7 Å². The van der Waals surface area contributed by atoms with Gasteiger partial charge in [-0.1, -0.05) is 65.8 Å². The molecule has 1 fully saturated rings. The standard InChI is InChI=1S/C30H28ClN5O7S2/c1-41-14-19-15-44-28-23(34-26(38)22(35-42-2)20-16-45-30(32-20)33-21(37)13-31)27(39)36(28)24(19)29(40)43-25(17-9-5-3-6-10-17)18-11-7-4-8-12-18/h3-12,16,23,25,28H,13-15H2,1-2H3,(H,34,38)(H,32,33,37)/t23?,28-/m0/s1. The van der Waals surface area contributed by atoms with E-state index < -0.39 is 41.2 Å². The zero-order valence-electron chi connectivity index (χ0n) is 24.1. The lowest BCUT2D eigenvalue weighted by Gasteiger charge is -2.49. The van der Waals surface area contributed by atoms with E-state index >= 15 is 0 Å². The molecule has 0 radical (unpaired) electrons. The van der Waals surface area contributed by atoms with E-state index in [2.05, 4.69) is 20.8 Å². The zero-order chi connectivity index (χ0) is 31.9. The molecule has 2 atom stereocenters. The van der Waals surface area contributed by atoms with Crippen LogP contribution >= 0.6 is 34.7 Å². The van der Waals surface area contributed by atoms with Crippen LogP contribution < -0.4 is 10.6 Å². The van der Waals surface area contributed by atoms with E-state index in [1.54, 1.807) is 0 Å². The SMILES string of the molecule is COCC1=C(C(=O)OC(c2ccccc2)c2ccccc2)N2C(=O)C(NC(=O)C(=NOC)c3csc(NC(=O)CCl)n3)[C@@H]2SC1. The number of carbonyl (C=O) groups is 4. The highest BCUT2D eigenvalue weighted by Gasteiger charge is 2.55. The van der Waals surface area contributed by atoms with Gasteiger partial charge in [-0.2, -0.15) is 0 Å². The topological polar surface area (TPSA) is 149 Å². The molecular formula is C30H28ClN5O7S2. The third kappa shape index (κ3) is 7.04. The lowest BCUT2D eigenvalue weighted by atomic mass is 10.0. The number of hydrogen-bond donors (Lipinski definition) is 2. The van der Waals surface area contributed by atoms with Crippen molar-refractivity contribution in [2.45, 2.75) is 17.5 Å². The number of aromatic nitrogens is 1. The third-order valence-electron chi connectivity index (χ3n) is 6.79. The van der Waals surface area contributed by atoms with Gasteiger partial charge in [0.05, 0.1) is 6.61 Å². The van der Waals surface area contributed by atoms with Gasteiger partial charge in [-0.3, -0.25) is 19.3 Å². The quantitative estimate of drug-likeness (QED) is 0.0974. The summed E-state index contributed by atoms with van der Waals surface area (Å²) < 4.78 is 11.5. The van der Waals surface area contributed by atoms with Gasteiger partial charge in [0.2, 0.25) is 5.91 Å². The number of fused-ring (bicyclic) bond motifs is 1. The summed E-state index contributed by atoms with van der Waals surface area (Å²) in [5.74, 6) is -2.25. The molecule has 2 aliphatic rings. The number of oxime groups is 1. The first kappa shape index (κ1) is 32.2. The maximum atomic E-state index is 13.9. The second kappa shape index (κ2) is 14.7. The smallest absolute Gasteiger partial charge is 0.356 e. The first-order valence-electron chi connectivity index (χ1n) is 13.6. The average molecular weight is 670 g/mol. The molecule has 1 unspecified atom stereocenters. The Morgan fingerprint density at radius 3 is 2.36 bits per heavy atom. The molecule has 12 nitrogen and oxygen atoms in total. The number of β-lactam (4-membered cyclic amide) rings is 1. The molecule has 0 spiro atoms. The van der Waals surface area contributed by atoms with E-state index in [4.69, 9.17) is 25.9 Å². The number of ether oxygens (including phenoxy) is 2. The molecular weight excluding hydrogens is 642 g/mol. The summed E-state index contributed by atoms with van der Waals surface area (Å²) in [6.07, 6.45) is -0.721. The van der Waals surface area contributed by atoms with Gasteiger partial charge in [0, 0.05) is 18.2 Å². The molecule has 2 N–H and O–H groups in total. The minimum atomic E-state index is -0.968. The number of benzene rings is 2. The normalized spacial score (nSPS) is 17.8. The molecule has 0 aliphatic carbocycles. The highest BCUT2D eigenvalue weighted by molar-refractivity contribution is 8.00. The van der Waals surface area contributed by atoms with Crippen molar-refractivity contribution >= 4 is 69.2 Å². The van der Waals surface area contributed by atoms with Crippen molar-refractivity contribution in [1.82, 2.24) is 15.2 Å². The van der Waals surface area contributed by atoms with Crippen LogP contribution in [0.15, 0.2) is 82.5 Å². The van der Waals surface area contributed by atoms with E-state index in [1.807, 2.05) is 60.7 Å². The van der Waals surface area contributed by atoms with E-state index in [-0.39, 0.29) is 34.7 Å². The number of hydrogen-bond acceptors (Lipinski definition) is 11. The molecule has 3 aromatic rings. The van der Waals surface area contributed by atoms with Crippen molar-refractivity contribution in [3.05, 3.63) is 94.1 Å². The maximum absolute atomic E-state index is 13.9. The number of nitrogens with zero attached hydrogens (tertiary/aromatic N) is 3. The lowest BCUT2D eigenvalue weighted by Crippen LogP contribution is -2.71. The zero-order valence-corrected chi connectivity index (χ0v) is 26.5. The van der Waals surface area contributed by atoms with Gasteiger partial charge in [0.15, 0.2) is 16.9 Å². The van der Waals surface area contributed by atoms with Crippen LogP contribution in [-0.4, -0.2) is 83.2 Å². The summed E-state index contributed by atoms with van der Waals surface area (Å²) >= 11 is 7.99. The van der Waals surface area contributed by atoms with Crippen LogP contribution in [0.3, 0.4) is 0 Å². The predicted molar refractivity (Wildman–Crippen MR) is 170 cm³/mol. The van der Waals surface area contributed by atoms with E-state index in [1.165, 1.54) is 36.3 Å². The number of methoxy groups -OCH3 is 1. The van der Waals surface area contributed by atoms with Crippen molar-refractivity contribution in [3.63, 3.8) is 0 Å². The minimum absolute atomic E-state index is 0.0953. The summed E-state index contributed by atoms with van der Waals surface area (Å²) in [6.45, 7) is 0.114. The Labute approximate surface area is 271 Å². The summed E-state index contributed by atoms with van der Waals surface area (Å²) in [4.78, 5) is 62.8. The van der Waals surface area contributed by atoms with Crippen LogP contribution in [0.1, 0.15) is 22.9 Å². The minimum Gasteiger partial charge on any atom is -0.448 e. The number of anilines is 1. The van der Waals surface area contributed by atoms with E-state index in [0.29, 0.717) is 11.3 Å². The molecule has 3 amide bonds. The molecule has 0 bridgehead atoms. The summed E-state index contributed by atoms with van der Waals surface area (Å²) in [6, 6.07) is 17.7. The molecule has 3 heterocycles. The molecule has 2 aromatic carbocycles. The number of alkyl halides is 1. The molecule has 15 heteroatoms. The van der Waals surface area contributed by atoms with Gasteiger partial charge in [-0.15, -0.1) is 34.7 Å². The van der Waals surface area contributed by atoms with Crippen LogP contribution in [0.5, 0.6) is 0 Å². The fraction of sp³-hybridized carbons (Fsp3) is 0.267. The molecule has 0 saturated carbocycles. The number of carbonyl (C=O) groups excluding carboxylic acids is 4. The predicted octanol–water partition coefficient (Wildman–Crippen LogP) is 3.30. The van der Waals surface area contributed by atoms with Crippen LogP contribution in [0, 0.1) is 0 Å². The van der Waals surface area contributed by atoms with Crippen molar-refractivity contribution in [2.24, 2.45) is 5.16 Å². The largest absolute Gasteiger partial charge is 0.448 e. The first-order valence-corrected chi connectivity index (χ1v) is 16.0. The fourth-order valence-corrected chi connectivity index (χ4v) is 6.91. The number of thioether (sulfide) groups is 1. The Balaban J connectivity index is 1.36. The monoisotopic (exact) mass is 669 g/mol. The van der Waals surface area contributed by atoms with Crippen molar-refractivity contribution in [2.75, 3.05) is 37.8 Å². The maximum Gasteiger partial charge on any atom is 0.356 e. The van der Waals surface area contributed by atoms with Gasteiger partial charge in [-0.25, -0.2) is 9.78 Å². The van der Waals surface area contributed by atoms with E-state index in [0.717, 1.165) is 22.5 Å². The Morgan fingerprint density at radius 2 is 1.76 bits per heavy atom. The molecule has 1 aromatic heterocycles. The second-order valence-corrected chi connectivity index (χ2v) is 11.9. The highest BCUT2D eigenvalue weighted by Crippen LogP contribution is 2.41. The van der Waals surface area contributed by atoms with E-state index in [9.17, 15) is 19.2 Å². The molecule has 2 aliphatic heterocycles. The summed E-state index contributed by atoms with van der Waals surface area (Å²) in [7, 11) is 2.77. The number of nitrogens with one attached hydrogen (secondary N) is 2. The number of halogens is 1. The van der Waals surface area contributed by atoms with Crippen LogP contribution in [0.25, 0.3) is 0 Å². The van der Waals surface area contributed by atoms with Crippen LogP contribution in [-0.2, 0) is 33.5 Å². The number of rotatable bonds is 12. The Kier molecular flexibility index (Phi) is 10.5. The van der Waals surface area contributed by atoms with Crippen molar-refractivity contribution in [3.8, 4) is 0 Å². The van der Waals surface area contributed by atoms with Crippen LogP contribution in [0.4, 0.5) is 5.13 Å². The number of amides is 3.